The zero-order chi connectivity index (χ0) is 24.1. The molecule has 0 bridgehead atoms. The first kappa shape index (κ1) is 24.9. The highest BCUT2D eigenvalue weighted by Gasteiger charge is 2.38. The van der Waals surface area contributed by atoms with Crippen molar-refractivity contribution in [2.24, 2.45) is 0 Å². The van der Waals surface area contributed by atoms with Crippen LogP contribution in [0.3, 0.4) is 0 Å². The molecule has 3 rings (SSSR count). The molecule has 0 spiro atoms. The van der Waals surface area contributed by atoms with E-state index in [1.165, 1.54) is 10.5 Å². The van der Waals surface area contributed by atoms with Gasteiger partial charge in [-0.1, -0.05) is 55.2 Å². The van der Waals surface area contributed by atoms with E-state index in [2.05, 4.69) is 19.2 Å². The summed E-state index contributed by atoms with van der Waals surface area (Å²) in [5.41, 5.74) is 2.57. The maximum absolute atomic E-state index is 13.1. The van der Waals surface area contributed by atoms with Gasteiger partial charge in [0.05, 0.1) is 34.0 Å². The molecule has 0 aromatic heterocycles. The highest BCUT2D eigenvalue weighted by molar-refractivity contribution is 6.42. The molecule has 2 aromatic carbocycles. The summed E-state index contributed by atoms with van der Waals surface area (Å²) in [6, 6.07) is 11.7. The number of hydrogen-bond acceptors (Lipinski definition) is 4. The highest BCUT2D eigenvalue weighted by atomic mass is 35.5. The highest BCUT2D eigenvalue weighted by Crippen LogP contribution is 2.34. The predicted molar refractivity (Wildman–Crippen MR) is 130 cm³/mol. The lowest BCUT2D eigenvalue weighted by Crippen LogP contribution is -2.49. The number of esters is 1. The summed E-state index contributed by atoms with van der Waals surface area (Å²) in [5.74, 6) is 0.519. The second kappa shape index (κ2) is 10.9. The van der Waals surface area contributed by atoms with Gasteiger partial charge in [-0.3, -0.25) is 4.90 Å². The number of urea groups is 1. The van der Waals surface area contributed by atoms with E-state index in [0.717, 1.165) is 0 Å². The van der Waals surface area contributed by atoms with Crippen LogP contribution in [0.2, 0.25) is 10.0 Å². The van der Waals surface area contributed by atoms with Gasteiger partial charge < -0.3 is 14.8 Å². The van der Waals surface area contributed by atoms with Gasteiger partial charge in [0.1, 0.15) is 12.4 Å². The molecule has 1 atom stereocenters. The van der Waals surface area contributed by atoms with Gasteiger partial charge in [-0.2, -0.15) is 0 Å². The third-order valence-corrected chi connectivity index (χ3v) is 6.19. The minimum absolute atomic E-state index is 0.0221. The molecular formula is C25H28Cl2N2O4. The van der Waals surface area contributed by atoms with Gasteiger partial charge in [-0.15, -0.1) is 0 Å². The van der Waals surface area contributed by atoms with Crippen LogP contribution in [0.5, 0.6) is 5.75 Å². The average Bonchev–Trinajstić information content (AvgIpc) is 2.79. The zero-order valence-corrected chi connectivity index (χ0v) is 20.7. The number of carbonyl (C=O) groups excluding carboxylic acids is 2. The largest absolute Gasteiger partial charge is 0.487 e. The van der Waals surface area contributed by atoms with Crippen molar-refractivity contribution >= 4 is 35.2 Å². The molecule has 0 fully saturated rings. The van der Waals surface area contributed by atoms with Gasteiger partial charge in [0.2, 0.25) is 0 Å². The Hall–Kier alpha value is -2.70. The quantitative estimate of drug-likeness (QED) is 0.453. The Balaban J connectivity index is 2.03. The van der Waals surface area contributed by atoms with Crippen LogP contribution in [-0.4, -0.2) is 36.7 Å². The Morgan fingerprint density at radius 1 is 1.09 bits per heavy atom. The maximum Gasteiger partial charge on any atom is 0.338 e. The molecule has 0 aliphatic carbocycles. The summed E-state index contributed by atoms with van der Waals surface area (Å²) in [6.45, 7) is 8.38. The number of carbonyl (C=O) groups is 2. The second-order valence-electron chi connectivity index (χ2n) is 7.89. The van der Waals surface area contributed by atoms with Gasteiger partial charge in [0, 0.05) is 6.54 Å². The fourth-order valence-corrected chi connectivity index (χ4v) is 3.99. The molecule has 0 saturated carbocycles. The van der Waals surface area contributed by atoms with Crippen LogP contribution in [0.25, 0.3) is 0 Å². The Kier molecular flexibility index (Phi) is 8.27. The number of hydrogen-bond donors (Lipinski definition) is 1. The normalized spacial score (nSPS) is 16.2. The molecular weight excluding hydrogens is 463 g/mol. The van der Waals surface area contributed by atoms with Crippen molar-refractivity contribution in [3.05, 3.63) is 74.9 Å². The number of benzene rings is 2. The minimum Gasteiger partial charge on any atom is -0.487 e. The Morgan fingerprint density at radius 3 is 2.36 bits per heavy atom. The number of nitrogens with one attached hydrogen (secondary N) is 1. The van der Waals surface area contributed by atoms with Crippen LogP contribution in [0.4, 0.5) is 4.79 Å². The lowest BCUT2D eigenvalue weighted by Gasteiger charge is -2.36. The summed E-state index contributed by atoms with van der Waals surface area (Å²) in [5, 5.41) is 3.60. The molecule has 0 saturated heterocycles. The molecule has 1 unspecified atom stereocenters. The molecule has 1 N–H and O–H groups in total. The molecule has 1 aliphatic rings. The van der Waals surface area contributed by atoms with Crippen LogP contribution in [0.1, 0.15) is 50.8 Å². The van der Waals surface area contributed by atoms with Crippen LogP contribution in [0, 0.1) is 0 Å². The molecule has 1 heterocycles. The fraction of sp³-hybridized carbons (Fsp3) is 0.360. The topological polar surface area (TPSA) is 67.9 Å². The van der Waals surface area contributed by atoms with Crippen LogP contribution in [0.15, 0.2) is 53.7 Å². The van der Waals surface area contributed by atoms with Crippen LogP contribution < -0.4 is 10.1 Å². The Morgan fingerprint density at radius 2 is 1.79 bits per heavy atom. The first-order valence-electron chi connectivity index (χ1n) is 10.9. The molecule has 2 amide bonds. The van der Waals surface area contributed by atoms with Crippen molar-refractivity contribution in [2.75, 3.05) is 19.8 Å². The number of likely N-dealkylation sites (N-methyl/N-ethyl adjacent to an activating group) is 1. The van der Waals surface area contributed by atoms with Gasteiger partial charge in [-0.25, -0.2) is 9.59 Å². The first-order chi connectivity index (χ1) is 15.8. The standard InChI is InChI=1S/C25H28Cl2N2O4/c1-5-29-21(14-33-18-10-7-16(8-11-18)15(3)4)22(24(30)32-6-2)23(28-25(29)31)17-9-12-19(26)20(27)13-17/h7-13,15,23H,5-6,14H2,1-4H3,(H,28,31). The van der Waals surface area contributed by atoms with Gasteiger partial charge in [-0.05, 0) is 55.2 Å². The van der Waals surface area contributed by atoms with Crippen molar-refractivity contribution in [2.45, 2.75) is 39.7 Å². The van der Waals surface area contributed by atoms with E-state index in [9.17, 15) is 9.59 Å². The fourth-order valence-electron chi connectivity index (χ4n) is 3.69. The number of rotatable bonds is 8. The lowest BCUT2D eigenvalue weighted by atomic mass is 9.94. The molecule has 33 heavy (non-hydrogen) atoms. The van der Waals surface area contributed by atoms with E-state index in [0.29, 0.717) is 45.1 Å². The van der Waals surface area contributed by atoms with Crippen molar-refractivity contribution in [3.63, 3.8) is 0 Å². The van der Waals surface area contributed by atoms with Crippen molar-refractivity contribution < 1.29 is 19.1 Å². The molecule has 0 radical (unpaired) electrons. The third-order valence-electron chi connectivity index (χ3n) is 5.45. The second-order valence-corrected chi connectivity index (χ2v) is 8.71. The van der Waals surface area contributed by atoms with Crippen molar-refractivity contribution in [1.29, 1.82) is 0 Å². The van der Waals surface area contributed by atoms with E-state index in [1.54, 1.807) is 25.1 Å². The zero-order valence-electron chi connectivity index (χ0n) is 19.2. The van der Waals surface area contributed by atoms with E-state index in [-0.39, 0.29) is 19.2 Å². The number of nitrogens with zero attached hydrogens (tertiary/aromatic N) is 1. The summed E-state index contributed by atoms with van der Waals surface area (Å²) < 4.78 is 11.4. The van der Waals surface area contributed by atoms with Crippen LogP contribution in [-0.2, 0) is 9.53 Å². The third kappa shape index (κ3) is 5.63. The van der Waals surface area contributed by atoms with E-state index < -0.39 is 12.0 Å². The van der Waals surface area contributed by atoms with Crippen molar-refractivity contribution in [3.8, 4) is 5.75 Å². The van der Waals surface area contributed by atoms with Crippen molar-refractivity contribution in [1.82, 2.24) is 10.2 Å². The number of halogens is 2. The first-order valence-corrected chi connectivity index (χ1v) is 11.7. The monoisotopic (exact) mass is 490 g/mol. The lowest BCUT2D eigenvalue weighted by molar-refractivity contribution is -0.139. The van der Waals surface area contributed by atoms with Gasteiger partial charge in [0.15, 0.2) is 0 Å². The molecule has 6 nitrogen and oxygen atoms in total. The predicted octanol–water partition coefficient (Wildman–Crippen LogP) is 6.10. The van der Waals surface area contributed by atoms with Crippen LogP contribution >= 0.6 is 23.2 Å². The number of amides is 2. The van der Waals surface area contributed by atoms with E-state index in [4.69, 9.17) is 32.7 Å². The Bertz CT molecular complexity index is 1050. The Labute approximate surface area is 204 Å². The molecule has 176 valence electrons. The summed E-state index contributed by atoms with van der Waals surface area (Å²) in [4.78, 5) is 27.5. The molecule has 8 heteroatoms. The maximum atomic E-state index is 13.1. The summed E-state index contributed by atoms with van der Waals surface area (Å²) >= 11 is 12.3. The summed E-state index contributed by atoms with van der Waals surface area (Å²) in [6.07, 6.45) is 0. The molecule has 1 aliphatic heterocycles. The molecule has 2 aromatic rings. The SMILES string of the molecule is CCOC(=O)C1=C(COc2ccc(C(C)C)cc2)N(CC)C(=O)NC1c1ccc(Cl)c(Cl)c1. The van der Waals surface area contributed by atoms with E-state index in [1.807, 2.05) is 31.2 Å². The average molecular weight is 491 g/mol. The van der Waals surface area contributed by atoms with E-state index >= 15 is 0 Å². The number of ether oxygens (including phenoxy) is 2. The van der Waals surface area contributed by atoms with Gasteiger partial charge in [0.25, 0.3) is 0 Å². The summed E-state index contributed by atoms with van der Waals surface area (Å²) in [7, 11) is 0. The smallest absolute Gasteiger partial charge is 0.338 e. The van der Waals surface area contributed by atoms with Gasteiger partial charge >= 0.3 is 12.0 Å². The minimum atomic E-state index is -0.754.